The van der Waals surface area contributed by atoms with Gasteiger partial charge in [0.1, 0.15) is 12.2 Å². The van der Waals surface area contributed by atoms with E-state index < -0.39 is 48.3 Å². The van der Waals surface area contributed by atoms with Crippen molar-refractivity contribution in [2.24, 2.45) is 5.92 Å². The number of benzene rings is 1. The standard InChI is InChI=1S/C26H27F3N4O5/c1-16(2)22(23(35)26(27,28)29)31-21(34)15-32-19(17-7-5-4-6-8-17)9-10-20(24(32)36)33(25(37)38-3)18-11-13-30-14-12-18/h4-14,16,22-23,35H,15H2,1-3H3,(H,31,34). The van der Waals surface area contributed by atoms with Gasteiger partial charge in [0.05, 0.1) is 24.5 Å². The van der Waals surface area contributed by atoms with E-state index in [9.17, 15) is 32.7 Å². The first-order valence-corrected chi connectivity index (χ1v) is 11.6. The molecule has 9 nitrogen and oxygen atoms in total. The molecular weight excluding hydrogens is 505 g/mol. The molecule has 2 unspecified atom stereocenters. The zero-order valence-corrected chi connectivity index (χ0v) is 20.8. The topological polar surface area (TPSA) is 114 Å². The zero-order chi connectivity index (χ0) is 28.0. The Morgan fingerprint density at radius 2 is 1.71 bits per heavy atom. The molecule has 0 bridgehead atoms. The van der Waals surface area contributed by atoms with Crippen molar-refractivity contribution in [1.29, 1.82) is 0 Å². The number of nitrogens with one attached hydrogen (secondary N) is 1. The van der Waals surface area contributed by atoms with Crippen LogP contribution >= 0.6 is 0 Å². The van der Waals surface area contributed by atoms with Crippen LogP contribution in [0.2, 0.25) is 0 Å². The Kier molecular flexibility index (Phi) is 8.89. The Balaban J connectivity index is 2.10. The number of hydrogen-bond donors (Lipinski definition) is 2. The summed E-state index contributed by atoms with van der Waals surface area (Å²) >= 11 is 0. The molecule has 0 fully saturated rings. The third-order valence-corrected chi connectivity index (χ3v) is 5.77. The summed E-state index contributed by atoms with van der Waals surface area (Å²) in [6.07, 6.45) is -5.82. The van der Waals surface area contributed by atoms with Gasteiger partial charge in [-0.05, 0) is 35.7 Å². The van der Waals surface area contributed by atoms with Gasteiger partial charge in [0, 0.05) is 12.4 Å². The fourth-order valence-corrected chi connectivity index (χ4v) is 3.87. The van der Waals surface area contributed by atoms with Gasteiger partial charge in [-0.3, -0.25) is 19.1 Å². The Hall–Kier alpha value is -4.19. The number of alkyl halides is 3. The van der Waals surface area contributed by atoms with E-state index >= 15 is 0 Å². The van der Waals surface area contributed by atoms with Gasteiger partial charge < -0.3 is 15.2 Å². The molecule has 38 heavy (non-hydrogen) atoms. The molecule has 2 heterocycles. The smallest absolute Gasteiger partial charge is 0.418 e. The molecule has 0 saturated heterocycles. The first-order valence-electron chi connectivity index (χ1n) is 11.6. The summed E-state index contributed by atoms with van der Waals surface area (Å²) in [4.78, 5) is 44.3. The fourth-order valence-electron chi connectivity index (χ4n) is 3.87. The molecule has 1 aromatic carbocycles. The number of nitrogens with zero attached hydrogens (tertiary/aromatic N) is 3. The summed E-state index contributed by atoms with van der Waals surface area (Å²) in [5.41, 5.74) is 0.160. The normalized spacial score (nSPS) is 13.1. The summed E-state index contributed by atoms with van der Waals surface area (Å²) in [6, 6.07) is 12.8. The van der Waals surface area contributed by atoms with Crippen LogP contribution in [0.15, 0.2) is 71.8 Å². The number of ether oxygens (including phenoxy) is 1. The molecule has 0 aliphatic carbocycles. The number of pyridine rings is 2. The summed E-state index contributed by atoms with van der Waals surface area (Å²) in [5.74, 6) is -1.70. The second-order valence-electron chi connectivity index (χ2n) is 8.70. The van der Waals surface area contributed by atoms with Gasteiger partial charge in [0.25, 0.3) is 5.56 Å². The van der Waals surface area contributed by atoms with Crippen LogP contribution in [0.4, 0.5) is 29.3 Å². The summed E-state index contributed by atoms with van der Waals surface area (Å²) in [7, 11) is 1.14. The van der Waals surface area contributed by atoms with Crippen LogP contribution in [0, 0.1) is 5.92 Å². The van der Waals surface area contributed by atoms with Crippen molar-refractivity contribution in [2.45, 2.75) is 38.7 Å². The highest BCUT2D eigenvalue weighted by molar-refractivity contribution is 5.95. The van der Waals surface area contributed by atoms with Gasteiger partial charge in [0.15, 0.2) is 6.10 Å². The van der Waals surface area contributed by atoms with Gasteiger partial charge in [-0.1, -0.05) is 44.2 Å². The van der Waals surface area contributed by atoms with E-state index in [0.29, 0.717) is 5.56 Å². The largest absolute Gasteiger partial charge is 0.452 e. The van der Waals surface area contributed by atoms with E-state index in [1.807, 2.05) is 0 Å². The third kappa shape index (κ3) is 6.38. The number of aliphatic hydroxyl groups excluding tert-OH is 1. The lowest BCUT2D eigenvalue weighted by Crippen LogP contribution is -2.53. The van der Waals surface area contributed by atoms with Crippen molar-refractivity contribution in [3.05, 3.63) is 77.3 Å². The molecule has 3 aromatic rings. The SMILES string of the molecule is COC(=O)N(c1ccncc1)c1ccc(-c2ccccc2)n(CC(=O)NC(C(C)C)C(O)C(F)(F)F)c1=O. The molecule has 0 radical (unpaired) electrons. The van der Waals surface area contributed by atoms with Gasteiger partial charge in [-0.2, -0.15) is 13.2 Å². The molecule has 0 saturated carbocycles. The fraction of sp³-hybridized carbons (Fsp3) is 0.308. The van der Waals surface area contributed by atoms with E-state index in [1.165, 1.54) is 50.5 Å². The molecule has 12 heteroatoms. The number of methoxy groups -OCH3 is 1. The minimum Gasteiger partial charge on any atom is -0.452 e. The number of carbonyl (C=O) groups excluding carboxylic acids is 2. The number of aliphatic hydroxyl groups is 1. The first-order chi connectivity index (χ1) is 18.0. The van der Waals surface area contributed by atoms with Crippen molar-refractivity contribution in [1.82, 2.24) is 14.9 Å². The molecule has 2 atom stereocenters. The van der Waals surface area contributed by atoms with Crippen LogP contribution in [0.25, 0.3) is 11.3 Å². The second kappa shape index (κ2) is 11.9. The van der Waals surface area contributed by atoms with Gasteiger partial charge >= 0.3 is 12.3 Å². The van der Waals surface area contributed by atoms with E-state index in [-0.39, 0.29) is 17.1 Å². The van der Waals surface area contributed by atoms with E-state index in [1.54, 1.807) is 30.3 Å². The minimum atomic E-state index is -4.96. The average molecular weight is 533 g/mol. The number of anilines is 2. The molecule has 3 rings (SSSR count). The summed E-state index contributed by atoms with van der Waals surface area (Å²) in [6.45, 7) is 2.16. The minimum absolute atomic E-state index is 0.161. The quantitative estimate of drug-likeness (QED) is 0.455. The van der Waals surface area contributed by atoms with E-state index in [0.717, 1.165) is 16.6 Å². The lowest BCUT2D eigenvalue weighted by atomic mass is 9.98. The van der Waals surface area contributed by atoms with Gasteiger partial charge in [-0.15, -0.1) is 0 Å². The predicted octanol–water partition coefficient (Wildman–Crippen LogP) is 3.88. The Labute approximate surface area is 216 Å². The van der Waals surface area contributed by atoms with Crippen LogP contribution in [-0.4, -0.2) is 52.1 Å². The summed E-state index contributed by atoms with van der Waals surface area (Å²) in [5, 5.41) is 12.0. The maximum Gasteiger partial charge on any atom is 0.418 e. The highest BCUT2D eigenvalue weighted by Crippen LogP contribution is 2.27. The lowest BCUT2D eigenvalue weighted by molar-refractivity contribution is -0.215. The van der Waals surface area contributed by atoms with Crippen LogP contribution in [0.3, 0.4) is 0 Å². The van der Waals surface area contributed by atoms with E-state index in [2.05, 4.69) is 10.3 Å². The second-order valence-corrected chi connectivity index (χ2v) is 8.70. The van der Waals surface area contributed by atoms with Gasteiger partial charge in [0.2, 0.25) is 5.91 Å². The molecule has 0 aliphatic heterocycles. The highest BCUT2D eigenvalue weighted by Gasteiger charge is 2.45. The number of aromatic nitrogens is 2. The Bertz CT molecular complexity index is 1310. The molecule has 202 valence electrons. The van der Waals surface area contributed by atoms with Crippen LogP contribution in [0.1, 0.15) is 13.8 Å². The number of carbonyl (C=O) groups is 2. The van der Waals surface area contributed by atoms with E-state index in [4.69, 9.17) is 4.74 Å². The monoisotopic (exact) mass is 532 g/mol. The molecule has 2 amide bonds. The zero-order valence-electron chi connectivity index (χ0n) is 20.8. The molecule has 2 N–H and O–H groups in total. The third-order valence-electron chi connectivity index (χ3n) is 5.77. The van der Waals surface area contributed by atoms with Crippen LogP contribution < -0.4 is 15.8 Å². The number of rotatable bonds is 8. The van der Waals surface area contributed by atoms with Crippen molar-refractivity contribution in [2.75, 3.05) is 12.0 Å². The van der Waals surface area contributed by atoms with Crippen LogP contribution in [-0.2, 0) is 16.1 Å². The number of halogens is 3. The first kappa shape index (κ1) is 28.4. The maximum absolute atomic E-state index is 13.7. The Morgan fingerprint density at radius 3 is 2.26 bits per heavy atom. The molecule has 2 aromatic heterocycles. The predicted molar refractivity (Wildman–Crippen MR) is 134 cm³/mol. The van der Waals surface area contributed by atoms with Crippen molar-refractivity contribution < 1.29 is 32.6 Å². The lowest BCUT2D eigenvalue weighted by Gasteiger charge is -2.29. The number of hydrogen-bond acceptors (Lipinski definition) is 6. The molecular formula is C26H27F3N4O5. The van der Waals surface area contributed by atoms with Crippen molar-refractivity contribution >= 4 is 23.4 Å². The average Bonchev–Trinajstić information content (AvgIpc) is 2.89. The Morgan fingerprint density at radius 1 is 1.08 bits per heavy atom. The molecule has 0 aliphatic rings. The van der Waals surface area contributed by atoms with Crippen molar-refractivity contribution in [3.8, 4) is 11.3 Å². The maximum atomic E-state index is 13.7. The highest BCUT2D eigenvalue weighted by atomic mass is 19.4. The van der Waals surface area contributed by atoms with Crippen molar-refractivity contribution in [3.63, 3.8) is 0 Å². The van der Waals surface area contributed by atoms with Gasteiger partial charge in [-0.25, -0.2) is 9.69 Å². The van der Waals surface area contributed by atoms with Crippen LogP contribution in [0.5, 0.6) is 0 Å². The number of amides is 2. The molecule has 0 spiro atoms. The summed E-state index contributed by atoms with van der Waals surface area (Å²) < 4.78 is 45.5.